The Bertz CT molecular complexity index is 435. The third-order valence-electron chi connectivity index (χ3n) is 2.49. The number of alkyl halides is 1. The van der Waals surface area contributed by atoms with Crippen molar-refractivity contribution < 1.29 is 13.6 Å². The van der Waals surface area contributed by atoms with Gasteiger partial charge in [0, 0.05) is 17.9 Å². The van der Waals surface area contributed by atoms with Crippen LogP contribution in [-0.4, -0.2) is 17.8 Å². The van der Waals surface area contributed by atoms with Crippen LogP contribution < -0.4 is 5.32 Å². The molecule has 1 aromatic rings. The summed E-state index contributed by atoms with van der Waals surface area (Å²) in [4.78, 5) is 11.6. The second-order valence-electron chi connectivity index (χ2n) is 4.99. The minimum absolute atomic E-state index is 0.0585. The number of nitrogens with one attached hydrogen (secondary N) is 1. The molecule has 0 bridgehead atoms. The highest BCUT2D eigenvalue weighted by molar-refractivity contribution is 9.09. The molecule has 1 aromatic carbocycles. The molecule has 1 rings (SSSR count). The fraction of sp³-hybridized carbons (Fsp3) is 0.462. The molecular formula is C13H16BrF2NO. The van der Waals surface area contributed by atoms with Crippen LogP contribution in [0, 0.1) is 17.0 Å². The van der Waals surface area contributed by atoms with Crippen molar-refractivity contribution >= 4 is 21.8 Å². The van der Waals surface area contributed by atoms with Gasteiger partial charge in [0.15, 0.2) is 0 Å². The Kier molecular flexibility index (Phi) is 5.26. The van der Waals surface area contributed by atoms with E-state index in [-0.39, 0.29) is 23.3 Å². The van der Waals surface area contributed by atoms with Gasteiger partial charge in [0.2, 0.25) is 5.91 Å². The van der Waals surface area contributed by atoms with Gasteiger partial charge in [-0.2, -0.15) is 0 Å². The summed E-state index contributed by atoms with van der Waals surface area (Å²) in [5.41, 5.74) is 0.141. The van der Waals surface area contributed by atoms with Crippen LogP contribution in [0.5, 0.6) is 0 Å². The minimum atomic E-state index is -0.690. The molecule has 100 valence electrons. The van der Waals surface area contributed by atoms with E-state index in [2.05, 4.69) is 21.2 Å². The zero-order valence-corrected chi connectivity index (χ0v) is 12.0. The highest BCUT2D eigenvalue weighted by Gasteiger charge is 2.17. The molecule has 0 spiro atoms. The quantitative estimate of drug-likeness (QED) is 0.830. The third kappa shape index (κ3) is 4.72. The summed E-state index contributed by atoms with van der Waals surface area (Å²) in [6.45, 7) is 4.50. The number of carbonyl (C=O) groups excluding carboxylic acids is 1. The van der Waals surface area contributed by atoms with Gasteiger partial charge in [0.1, 0.15) is 11.6 Å². The molecule has 0 aromatic heterocycles. The summed E-state index contributed by atoms with van der Waals surface area (Å²) in [6.07, 6.45) is -0.0789. The smallest absolute Gasteiger partial charge is 0.224 e. The fourth-order valence-corrected chi connectivity index (χ4v) is 1.48. The van der Waals surface area contributed by atoms with Crippen LogP contribution in [0.3, 0.4) is 0 Å². The van der Waals surface area contributed by atoms with Gasteiger partial charge in [0.05, 0.1) is 6.42 Å². The Morgan fingerprint density at radius 3 is 2.61 bits per heavy atom. The first-order valence-electron chi connectivity index (χ1n) is 5.61. The van der Waals surface area contributed by atoms with Crippen LogP contribution in [0.1, 0.15) is 19.4 Å². The van der Waals surface area contributed by atoms with Crippen LogP contribution in [-0.2, 0) is 11.2 Å². The molecule has 0 aliphatic carbocycles. The van der Waals surface area contributed by atoms with Crippen molar-refractivity contribution in [3.63, 3.8) is 0 Å². The van der Waals surface area contributed by atoms with Crippen LogP contribution in [0.15, 0.2) is 18.2 Å². The maximum Gasteiger partial charge on any atom is 0.224 e. The Morgan fingerprint density at radius 1 is 1.39 bits per heavy atom. The largest absolute Gasteiger partial charge is 0.355 e. The van der Waals surface area contributed by atoms with E-state index in [0.29, 0.717) is 6.54 Å². The van der Waals surface area contributed by atoms with E-state index in [0.717, 1.165) is 17.5 Å². The lowest BCUT2D eigenvalue weighted by Crippen LogP contribution is -2.35. The Hall–Kier alpha value is -0.970. The monoisotopic (exact) mass is 319 g/mol. The molecule has 0 radical (unpaired) electrons. The van der Waals surface area contributed by atoms with Crippen molar-refractivity contribution in [2.75, 3.05) is 11.9 Å². The molecule has 1 N–H and O–H groups in total. The minimum Gasteiger partial charge on any atom is -0.355 e. The summed E-state index contributed by atoms with van der Waals surface area (Å²) >= 11 is 3.35. The first kappa shape index (κ1) is 15.1. The van der Waals surface area contributed by atoms with E-state index < -0.39 is 11.6 Å². The molecule has 5 heteroatoms. The Labute approximate surface area is 114 Å². The molecule has 0 saturated carbocycles. The summed E-state index contributed by atoms with van der Waals surface area (Å²) in [5.74, 6) is -1.60. The lowest BCUT2D eigenvalue weighted by atomic mass is 9.97. The second-order valence-corrected chi connectivity index (χ2v) is 5.55. The maximum atomic E-state index is 13.3. The molecule has 0 atom stereocenters. The van der Waals surface area contributed by atoms with Gasteiger partial charge in [-0.1, -0.05) is 35.8 Å². The van der Waals surface area contributed by atoms with Crippen molar-refractivity contribution in [2.45, 2.75) is 20.3 Å². The molecule has 1 amide bonds. The molecule has 0 aliphatic heterocycles. The number of amides is 1. The number of halogens is 3. The van der Waals surface area contributed by atoms with E-state index in [4.69, 9.17) is 0 Å². The molecule has 2 nitrogen and oxygen atoms in total. The van der Waals surface area contributed by atoms with E-state index in [1.165, 1.54) is 6.07 Å². The Morgan fingerprint density at radius 2 is 2.06 bits per heavy atom. The lowest BCUT2D eigenvalue weighted by Gasteiger charge is -2.21. The van der Waals surface area contributed by atoms with E-state index >= 15 is 0 Å². The predicted octanol–water partition coefficient (Wildman–Crippen LogP) is 3.04. The summed E-state index contributed by atoms with van der Waals surface area (Å²) in [7, 11) is 0. The van der Waals surface area contributed by atoms with Crippen LogP contribution in [0.2, 0.25) is 0 Å². The molecule has 0 fully saturated rings. The Balaban J connectivity index is 2.55. The SMILES string of the molecule is CC(C)(CBr)CNC(=O)Cc1ccc(F)cc1F. The molecular weight excluding hydrogens is 304 g/mol. The van der Waals surface area contributed by atoms with Gasteiger partial charge in [-0.25, -0.2) is 8.78 Å². The van der Waals surface area contributed by atoms with E-state index in [9.17, 15) is 13.6 Å². The number of benzene rings is 1. The zero-order chi connectivity index (χ0) is 13.8. The van der Waals surface area contributed by atoms with Crippen molar-refractivity contribution in [1.82, 2.24) is 5.32 Å². The van der Waals surface area contributed by atoms with Gasteiger partial charge < -0.3 is 5.32 Å². The van der Waals surface area contributed by atoms with E-state index in [1.807, 2.05) is 13.8 Å². The lowest BCUT2D eigenvalue weighted by molar-refractivity contribution is -0.120. The highest BCUT2D eigenvalue weighted by atomic mass is 79.9. The fourth-order valence-electron chi connectivity index (χ4n) is 1.29. The summed E-state index contributed by atoms with van der Waals surface area (Å²) in [5, 5.41) is 3.49. The number of rotatable bonds is 5. The molecule has 0 aliphatic rings. The first-order valence-corrected chi connectivity index (χ1v) is 6.73. The second kappa shape index (κ2) is 6.27. The van der Waals surface area contributed by atoms with Gasteiger partial charge in [0.25, 0.3) is 0 Å². The third-order valence-corrected chi connectivity index (χ3v) is 4.01. The van der Waals surface area contributed by atoms with Crippen molar-refractivity contribution in [2.24, 2.45) is 5.41 Å². The van der Waals surface area contributed by atoms with Gasteiger partial charge >= 0.3 is 0 Å². The predicted molar refractivity (Wildman–Crippen MR) is 70.6 cm³/mol. The topological polar surface area (TPSA) is 29.1 Å². The summed E-state index contributed by atoms with van der Waals surface area (Å²) < 4.78 is 26.0. The molecule has 0 heterocycles. The van der Waals surface area contributed by atoms with Crippen LogP contribution in [0.4, 0.5) is 8.78 Å². The van der Waals surface area contributed by atoms with E-state index in [1.54, 1.807) is 0 Å². The number of hydrogen-bond acceptors (Lipinski definition) is 1. The first-order chi connectivity index (χ1) is 8.34. The van der Waals surface area contributed by atoms with Gasteiger partial charge in [-0.3, -0.25) is 4.79 Å². The number of hydrogen-bond donors (Lipinski definition) is 1. The normalized spacial score (nSPS) is 11.4. The van der Waals surface area contributed by atoms with Gasteiger partial charge in [-0.05, 0) is 17.0 Å². The van der Waals surface area contributed by atoms with Crippen molar-refractivity contribution in [3.05, 3.63) is 35.4 Å². The number of carbonyl (C=O) groups is 1. The maximum absolute atomic E-state index is 13.3. The standard InChI is InChI=1S/C13H16BrF2NO/c1-13(2,7-14)8-17-12(18)5-9-3-4-10(15)6-11(9)16/h3-4,6H,5,7-8H2,1-2H3,(H,17,18). The highest BCUT2D eigenvalue weighted by Crippen LogP contribution is 2.16. The molecule has 0 unspecified atom stereocenters. The average molecular weight is 320 g/mol. The van der Waals surface area contributed by atoms with Crippen molar-refractivity contribution in [1.29, 1.82) is 0 Å². The zero-order valence-electron chi connectivity index (χ0n) is 10.4. The molecule has 18 heavy (non-hydrogen) atoms. The van der Waals surface area contributed by atoms with Crippen molar-refractivity contribution in [3.8, 4) is 0 Å². The molecule has 0 saturated heterocycles. The summed E-state index contributed by atoms with van der Waals surface area (Å²) in [6, 6.07) is 3.22. The van der Waals surface area contributed by atoms with Crippen LogP contribution in [0.25, 0.3) is 0 Å². The average Bonchev–Trinajstić information content (AvgIpc) is 2.30. The van der Waals surface area contributed by atoms with Gasteiger partial charge in [-0.15, -0.1) is 0 Å². The van der Waals surface area contributed by atoms with Crippen LogP contribution >= 0.6 is 15.9 Å².